The van der Waals surface area contributed by atoms with Crippen LogP contribution in [0.5, 0.6) is 5.75 Å². The van der Waals surface area contributed by atoms with E-state index in [-0.39, 0.29) is 17.6 Å². The molecule has 4 rings (SSSR count). The number of rotatable bonds is 6. The molecule has 2 aromatic carbocycles. The standard InChI is InChI=1S/C24H25FN4O2/c1-31-21-10-6-18(7-11-21)22-12-13-23(28-27-22)29-14-2-3-19(16-29)24(30)26-15-17-4-8-20(25)9-5-17/h4-13,19H,2-3,14-16H2,1H3,(H,26,30). The first-order chi connectivity index (χ1) is 15.1. The van der Waals surface area contributed by atoms with Gasteiger partial charge in [0.2, 0.25) is 5.91 Å². The van der Waals surface area contributed by atoms with E-state index in [1.165, 1.54) is 12.1 Å². The number of anilines is 1. The average molecular weight is 420 g/mol. The summed E-state index contributed by atoms with van der Waals surface area (Å²) < 4.78 is 18.2. The molecule has 6 nitrogen and oxygen atoms in total. The van der Waals surface area contributed by atoms with Crippen LogP contribution in [-0.4, -0.2) is 36.3 Å². The molecule has 1 amide bonds. The second-order valence-electron chi connectivity index (χ2n) is 7.63. The zero-order valence-electron chi connectivity index (χ0n) is 17.4. The van der Waals surface area contributed by atoms with Gasteiger partial charge >= 0.3 is 0 Å². The number of nitrogens with zero attached hydrogens (tertiary/aromatic N) is 3. The van der Waals surface area contributed by atoms with E-state index in [1.54, 1.807) is 19.2 Å². The molecule has 3 aromatic rings. The fourth-order valence-corrected chi connectivity index (χ4v) is 3.74. The fraction of sp³-hybridized carbons (Fsp3) is 0.292. The third-order valence-corrected chi connectivity index (χ3v) is 5.53. The first-order valence-corrected chi connectivity index (χ1v) is 10.4. The van der Waals surface area contributed by atoms with Crippen LogP contribution in [0.1, 0.15) is 18.4 Å². The molecule has 7 heteroatoms. The molecule has 0 saturated carbocycles. The average Bonchev–Trinajstić information content (AvgIpc) is 2.84. The van der Waals surface area contributed by atoms with E-state index in [2.05, 4.69) is 20.4 Å². The molecule has 1 saturated heterocycles. The van der Waals surface area contributed by atoms with E-state index in [0.29, 0.717) is 13.1 Å². The molecule has 1 N–H and O–H groups in total. The highest BCUT2D eigenvalue weighted by molar-refractivity contribution is 5.79. The molecule has 1 aromatic heterocycles. The van der Waals surface area contributed by atoms with Gasteiger partial charge in [-0.1, -0.05) is 12.1 Å². The van der Waals surface area contributed by atoms with Gasteiger partial charge in [-0.05, 0) is 66.9 Å². The fourth-order valence-electron chi connectivity index (χ4n) is 3.74. The van der Waals surface area contributed by atoms with Gasteiger partial charge in [0.05, 0.1) is 18.7 Å². The van der Waals surface area contributed by atoms with Crippen LogP contribution in [0, 0.1) is 11.7 Å². The maximum atomic E-state index is 13.0. The van der Waals surface area contributed by atoms with E-state index < -0.39 is 0 Å². The van der Waals surface area contributed by atoms with Crippen molar-refractivity contribution in [2.45, 2.75) is 19.4 Å². The van der Waals surface area contributed by atoms with Crippen LogP contribution >= 0.6 is 0 Å². The normalized spacial score (nSPS) is 16.1. The molecule has 1 atom stereocenters. The molecule has 160 valence electrons. The van der Waals surface area contributed by atoms with Crippen molar-refractivity contribution in [2.24, 2.45) is 5.92 Å². The molecule has 0 radical (unpaired) electrons. The lowest BCUT2D eigenvalue weighted by Gasteiger charge is -2.32. The Labute approximate surface area is 181 Å². The Morgan fingerprint density at radius 1 is 1.10 bits per heavy atom. The lowest BCUT2D eigenvalue weighted by Crippen LogP contribution is -2.43. The quantitative estimate of drug-likeness (QED) is 0.657. The summed E-state index contributed by atoms with van der Waals surface area (Å²) in [5.74, 6) is 1.19. The predicted octanol–water partition coefficient (Wildman–Crippen LogP) is 3.82. The maximum Gasteiger partial charge on any atom is 0.225 e. The molecule has 1 fully saturated rings. The lowest BCUT2D eigenvalue weighted by molar-refractivity contribution is -0.125. The van der Waals surface area contributed by atoms with Gasteiger partial charge in [0.15, 0.2) is 5.82 Å². The van der Waals surface area contributed by atoms with Gasteiger partial charge < -0.3 is 15.0 Å². The van der Waals surface area contributed by atoms with E-state index >= 15 is 0 Å². The molecule has 1 aliphatic rings. The number of nitrogens with one attached hydrogen (secondary N) is 1. The predicted molar refractivity (Wildman–Crippen MR) is 117 cm³/mol. The Kier molecular flexibility index (Phi) is 6.40. The highest BCUT2D eigenvalue weighted by Gasteiger charge is 2.26. The number of benzene rings is 2. The third kappa shape index (κ3) is 5.17. The van der Waals surface area contributed by atoms with Crippen LogP contribution in [-0.2, 0) is 11.3 Å². The summed E-state index contributed by atoms with van der Waals surface area (Å²) in [5.41, 5.74) is 2.64. The molecule has 1 unspecified atom stereocenters. The van der Waals surface area contributed by atoms with Crippen LogP contribution in [0.15, 0.2) is 60.7 Å². The second-order valence-corrected chi connectivity index (χ2v) is 7.63. The summed E-state index contributed by atoms with van der Waals surface area (Å²) in [6.07, 6.45) is 1.75. The molecule has 0 bridgehead atoms. The number of aromatic nitrogens is 2. The Morgan fingerprint density at radius 2 is 1.87 bits per heavy atom. The minimum atomic E-state index is -0.280. The van der Waals surface area contributed by atoms with Crippen molar-refractivity contribution in [1.82, 2.24) is 15.5 Å². The monoisotopic (exact) mass is 420 g/mol. The van der Waals surface area contributed by atoms with Crippen molar-refractivity contribution in [1.29, 1.82) is 0 Å². The van der Waals surface area contributed by atoms with Gasteiger partial charge in [0.1, 0.15) is 11.6 Å². The van der Waals surface area contributed by atoms with E-state index in [9.17, 15) is 9.18 Å². The smallest absolute Gasteiger partial charge is 0.225 e. The molecule has 0 aliphatic carbocycles. The largest absolute Gasteiger partial charge is 0.497 e. The van der Waals surface area contributed by atoms with Crippen molar-refractivity contribution >= 4 is 11.7 Å². The van der Waals surface area contributed by atoms with Gasteiger partial charge in [-0.25, -0.2) is 4.39 Å². The Bertz CT molecular complexity index is 1010. The minimum absolute atomic E-state index is 0.0110. The molecule has 31 heavy (non-hydrogen) atoms. The number of carbonyl (C=O) groups is 1. The zero-order valence-corrected chi connectivity index (χ0v) is 17.4. The van der Waals surface area contributed by atoms with Crippen molar-refractivity contribution in [3.63, 3.8) is 0 Å². The summed E-state index contributed by atoms with van der Waals surface area (Å²) >= 11 is 0. The highest BCUT2D eigenvalue weighted by Crippen LogP contribution is 2.24. The number of amides is 1. The minimum Gasteiger partial charge on any atom is -0.497 e. The summed E-state index contributed by atoms with van der Waals surface area (Å²) in [6, 6.07) is 17.8. The lowest BCUT2D eigenvalue weighted by atomic mass is 9.97. The number of piperidine rings is 1. The maximum absolute atomic E-state index is 13.0. The molecule has 2 heterocycles. The number of carbonyl (C=O) groups excluding carboxylic acids is 1. The number of hydrogen-bond donors (Lipinski definition) is 1. The van der Waals surface area contributed by atoms with Crippen molar-refractivity contribution < 1.29 is 13.9 Å². The zero-order chi connectivity index (χ0) is 21.6. The molecule has 0 spiro atoms. The van der Waals surface area contributed by atoms with Crippen molar-refractivity contribution in [2.75, 3.05) is 25.1 Å². The Hall–Kier alpha value is -3.48. The molecule has 1 aliphatic heterocycles. The van der Waals surface area contributed by atoms with Gasteiger partial charge in [-0.3, -0.25) is 4.79 Å². The first-order valence-electron chi connectivity index (χ1n) is 10.4. The van der Waals surface area contributed by atoms with Crippen LogP contribution in [0.2, 0.25) is 0 Å². The SMILES string of the molecule is COc1ccc(-c2ccc(N3CCCC(C(=O)NCc4ccc(F)cc4)C3)nn2)cc1. The van der Waals surface area contributed by atoms with Gasteiger partial charge in [0, 0.05) is 25.2 Å². The third-order valence-electron chi connectivity index (χ3n) is 5.53. The van der Waals surface area contributed by atoms with Crippen LogP contribution in [0.3, 0.4) is 0 Å². The number of halogens is 1. The van der Waals surface area contributed by atoms with Crippen LogP contribution in [0.4, 0.5) is 10.2 Å². The topological polar surface area (TPSA) is 67.3 Å². The number of hydrogen-bond acceptors (Lipinski definition) is 5. The summed E-state index contributed by atoms with van der Waals surface area (Å²) in [6.45, 7) is 1.84. The Morgan fingerprint density at radius 3 is 2.55 bits per heavy atom. The van der Waals surface area contributed by atoms with Crippen molar-refractivity contribution in [3.05, 3.63) is 72.0 Å². The summed E-state index contributed by atoms with van der Waals surface area (Å²) in [4.78, 5) is 14.8. The number of ether oxygens (including phenoxy) is 1. The summed E-state index contributed by atoms with van der Waals surface area (Å²) in [7, 11) is 1.64. The summed E-state index contributed by atoms with van der Waals surface area (Å²) in [5, 5.41) is 11.7. The van der Waals surface area contributed by atoms with E-state index in [0.717, 1.165) is 47.8 Å². The highest BCUT2D eigenvalue weighted by atomic mass is 19.1. The molecular weight excluding hydrogens is 395 g/mol. The first kappa shape index (κ1) is 20.8. The van der Waals surface area contributed by atoms with E-state index in [1.807, 2.05) is 36.4 Å². The van der Waals surface area contributed by atoms with Gasteiger partial charge in [-0.2, -0.15) is 0 Å². The number of methoxy groups -OCH3 is 1. The van der Waals surface area contributed by atoms with E-state index in [4.69, 9.17) is 4.74 Å². The van der Waals surface area contributed by atoms with Crippen LogP contribution < -0.4 is 15.0 Å². The molecular formula is C24H25FN4O2. The van der Waals surface area contributed by atoms with Gasteiger partial charge in [0.25, 0.3) is 0 Å². The Balaban J connectivity index is 1.36. The second kappa shape index (κ2) is 9.55. The van der Waals surface area contributed by atoms with Crippen molar-refractivity contribution in [3.8, 4) is 17.0 Å². The van der Waals surface area contributed by atoms with Crippen LogP contribution in [0.25, 0.3) is 11.3 Å². The van der Waals surface area contributed by atoms with Gasteiger partial charge in [-0.15, -0.1) is 10.2 Å².